The number of benzene rings is 2. The van der Waals surface area contributed by atoms with Crippen molar-refractivity contribution in [3.8, 4) is 0 Å². The largest absolute Gasteiger partial charge is 0.379 e. The smallest absolute Gasteiger partial charge is 0.251 e. The molecule has 1 aliphatic heterocycles. The average Bonchev–Trinajstić information content (AvgIpc) is 2.78. The second-order valence-corrected chi connectivity index (χ2v) is 9.51. The normalized spacial score (nSPS) is 16.1. The van der Waals surface area contributed by atoms with Gasteiger partial charge in [-0.3, -0.25) is 9.69 Å². The van der Waals surface area contributed by atoms with E-state index < -0.39 is 10.0 Å². The second kappa shape index (κ2) is 10.9. The monoisotopic (exact) mass is 445 g/mol. The van der Waals surface area contributed by atoms with Crippen molar-refractivity contribution in [2.45, 2.75) is 44.3 Å². The number of carbonyl (C=O) groups excluding carboxylic acids is 1. The van der Waals surface area contributed by atoms with Crippen LogP contribution in [-0.2, 0) is 27.8 Å². The molecule has 1 aliphatic rings. The summed E-state index contributed by atoms with van der Waals surface area (Å²) in [4.78, 5) is 15.1. The molecule has 2 aromatic carbocycles. The molecule has 2 N–H and O–H groups in total. The first-order chi connectivity index (χ1) is 14.9. The fourth-order valence-electron chi connectivity index (χ4n) is 3.36. The van der Waals surface area contributed by atoms with Crippen LogP contribution >= 0.6 is 0 Å². The third kappa shape index (κ3) is 6.61. The van der Waals surface area contributed by atoms with E-state index in [-0.39, 0.29) is 16.8 Å². The van der Waals surface area contributed by atoms with Gasteiger partial charge in [-0.15, -0.1) is 0 Å². The molecule has 1 saturated heterocycles. The molecule has 0 aliphatic carbocycles. The molecule has 0 saturated carbocycles. The molecular formula is C23H31N3O4S. The van der Waals surface area contributed by atoms with Gasteiger partial charge in [-0.25, -0.2) is 13.1 Å². The Bertz CT molecular complexity index is 971. The Hall–Kier alpha value is -2.26. The van der Waals surface area contributed by atoms with Gasteiger partial charge in [0.15, 0.2) is 0 Å². The lowest BCUT2D eigenvalue weighted by Crippen LogP contribution is -2.36. The highest BCUT2D eigenvalue weighted by Crippen LogP contribution is 2.15. The van der Waals surface area contributed by atoms with Gasteiger partial charge in [0.05, 0.1) is 18.1 Å². The third-order valence-electron chi connectivity index (χ3n) is 5.45. The maximum absolute atomic E-state index is 12.6. The quantitative estimate of drug-likeness (QED) is 0.619. The van der Waals surface area contributed by atoms with Crippen LogP contribution in [0.2, 0.25) is 0 Å². The van der Waals surface area contributed by atoms with E-state index in [2.05, 4.69) is 21.0 Å². The number of amides is 1. The highest BCUT2D eigenvalue weighted by molar-refractivity contribution is 7.89. The lowest BCUT2D eigenvalue weighted by Gasteiger charge is -2.27. The third-order valence-corrected chi connectivity index (χ3v) is 7.06. The van der Waals surface area contributed by atoms with Crippen molar-refractivity contribution in [3.05, 3.63) is 65.2 Å². The molecule has 3 rings (SSSR count). The Morgan fingerprint density at radius 3 is 2.35 bits per heavy atom. The number of hydrogen-bond donors (Lipinski definition) is 2. The van der Waals surface area contributed by atoms with Crippen molar-refractivity contribution in [2.75, 3.05) is 26.3 Å². The van der Waals surface area contributed by atoms with Crippen molar-refractivity contribution in [1.29, 1.82) is 0 Å². The van der Waals surface area contributed by atoms with Gasteiger partial charge in [0, 0.05) is 37.8 Å². The van der Waals surface area contributed by atoms with Crippen LogP contribution in [0.5, 0.6) is 0 Å². The molecule has 1 amide bonds. The van der Waals surface area contributed by atoms with Crippen LogP contribution in [-0.4, -0.2) is 51.6 Å². The van der Waals surface area contributed by atoms with E-state index in [9.17, 15) is 13.2 Å². The van der Waals surface area contributed by atoms with Crippen LogP contribution in [0.3, 0.4) is 0 Å². The van der Waals surface area contributed by atoms with Gasteiger partial charge in [-0.1, -0.05) is 31.2 Å². The Labute approximate surface area is 184 Å². The second-order valence-electron chi connectivity index (χ2n) is 7.79. The molecule has 1 atom stereocenters. The molecule has 1 fully saturated rings. The maximum atomic E-state index is 12.6. The molecule has 1 heterocycles. The van der Waals surface area contributed by atoms with E-state index in [1.54, 1.807) is 12.1 Å². The average molecular weight is 446 g/mol. The summed E-state index contributed by atoms with van der Waals surface area (Å²) < 4.78 is 32.8. The molecular weight excluding hydrogens is 414 g/mol. The zero-order valence-corrected chi connectivity index (χ0v) is 19.0. The predicted molar refractivity (Wildman–Crippen MR) is 120 cm³/mol. The van der Waals surface area contributed by atoms with Crippen molar-refractivity contribution >= 4 is 15.9 Å². The van der Waals surface area contributed by atoms with Crippen LogP contribution in [0.15, 0.2) is 53.4 Å². The minimum Gasteiger partial charge on any atom is -0.379 e. The highest BCUT2D eigenvalue weighted by Gasteiger charge is 2.17. The molecule has 168 valence electrons. The summed E-state index contributed by atoms with van der Waals surface area (Å²) in [7, 11) is -3.58. The van der Waals surface area contributed by atoms with Gasteiger partial charge < -0.3 is 10.1 Å². The highest BCUT2D eigenvalue weighted by atomic mass is 32.2. The lowest BCUT2D eigenvalue weighted by molar-refractivity contribution is 0.0340. The molecule has 0 spiro atoms. The number of sulfonamides is 1. The summed E-state index contributed by atoms with van der Waals surface area (Å²) in [6, 6.07) is 13.9. The van der Waals surface area contributed by atoms with Crippen LogP contribution in [0, 0.1) is 0 Å². The first kappa shape index (κ1) is 23.4. The van der Waals surface area contributed by atoms with E-state index in [0.717, 1.165) is 38.4 Å². The molecule has 0 radical (unpaired) electrons. The molecule has 0 bridgehead atoms. The number of nitrogens with one attached hydrogen (secondary N) is 2. The minimum absolute atomic E-state index is 0.148. The van der Waals surface area contributed by atoms with Gasteiger partial charge in [0.2, 0.25) is 10.0 Å². The molecule has 0 aromatic heterocycles. The SMILES string of the molecule is CCC(C)NS(=O)(=O)c1ccc(C(=O)NCc2ccccc2CN2CCOCC2)cc1. The number of hydrogen-bond acceptors (Lipinski definition) is 5. The zero-order valence-electron chi connectivity index (χ0n) is 18.1. The van der Waals surface area contributed by atoms with Crippen LogP contribution < -0.4 is 10.0 Å². The molecule has 7 nitrogen and oxygen atoms in total. The Morgan fingerprint density at radius 2 is 1.71 bits per heavy atom. The van der Waals surface area contributed by atoms with Crippen LogP contribution in [0.1, 0.15) is 41.8 Å². The van der Waals surface area contributed by atoms with Gasteiger partial charge in [0.25, 0.3) is 5.91 Å². The van der Waals surface area contributed by atoms with Gasteiger partial charge >= 0.3 is 0 Å². The zero-order chi connectivity index (χ0) is 22.3. The fraction of sp³-hybridized carbons (Fsp3) is 0.435. The Morgan fingerprint density at radius 1 is 1.06 bits per heavy atom. The summed E-state index contributed by atoms with van der Waals surface area (Å²) in [6.45, 7) is 8.27. The number of carbonyl (C=O) groups is 1. The summed E-state index contributed by atoms with van der Waals surface area (Å²) in [6.07, 6.45) is 0.701. The molecule has 31 heavy (non-hydrogen) atoms. The van der Waals surface area contributed by atoms with Crippen molar-refractivity contribution in [1.82, 2.24) is 14.9 Å². The number of nitrogens with zero attached hydrogens (tertiary/aromatic N) is 1. The first-order valence-electron chi connectivity index (χ1n) is 10.7. The van der Waals surface area contributed by atoms with Gasteiger partial charge in [-0.05, 0) is 48.7 Å². The number of morpholine rings is 1. The molecule has 1 unspecified atom stereocenters. The van der Waals surface area contributed by atoms with E-state index in [1.807, 2.05) is 32.0 Å². The summed E-state index contributed by atoms with van der Waals surface area (Å²) in [5.74, 6) is -0.236. The first-order valence-corrected chi connectivity index (χ1v) is 12.1. The summed E-state index contributed by atoms with van der Waals surface area (Å²) in [5.41, 5.74) is 2.68. The van der Waals surface area contributed by atoms with E-state index in [1.165, 1.54) is 17.7 Å². The van der Waals surface area contributed by atoms with Crippen molar-refractivity contribution in [2.24, 2.45) is 0 Å². The Kier molecular flexibility index (Phi) is 8.20. The predicted octanol–water partition coefficient (Wildman–Crippen LogP) is 2.53. The van der Waals surface area contributed by atoms with Gasteiger partial charge in [0.1, 0.15) is 0 Å². The number of ether oxygens (including phenoxy) is 1. The van der Waals surface area contributed by atoms with E-state index in [0.29, 0.717) is 18.5 Å². The molecule has 2 aromatic rings. The van der Waals surface area contributed by atoms with Crippen molar-refractivity contribution < 1.29 is 17.9 Å². The molecule has 8 heteroatoms. The number of rotatable bonds is 9. The minimum atomic E-state index is -3.58. The maximum Gasteiger partial charge on any atom is 0.251 e. The van der Waals surface area contributed by atoms with Gasteiger partial charge in [-0.2, -0.15) is 0 Å². The van der Waals surface area contributed by atoms with E-state index in [4.69, 9.17) is 4.74 Å². The summed E-state index contributed by atoms with van der Waals surface area (Å²) >= 11 is 0. The lowest BCUT2D eigenvalue weighted by atomic mass is 10.1. The van der Waals surface area contributed by atoms with Crippen LogP contribution in [0.25, 0.3) is 0 Å². The van der Waals surface area contributed by atoms with E-state index >= 15 is 0 Å². The fourth-order valence-corrected chi connectivity index (χ4v) is 4.69. The summed E-state index contributed by atoms with van der Waals surface area (Å²) in [5, 5.41) is 2.95. The van der Waals surface area contributed by atoms with Crippen LogP contribution in [0.4, 0.5) is 0 Å². The topological polar surface area (TPSA) is 87.7 Å². The van der Waals surface area contributed by atoms with Crippen molar-refractivity contribution in [3.63, 3.8) is 0 Å². The Balaban J connectivity index is 1.61. The standard InChI is InChI=1S/C23H31N3O4S/c1-3-18(2)25-31(28,29)22-10-8-19(9-11-22)23(27)24-16-20-6-4-5-7-21(20)17-26-12-14-30-15-13-26/h4-11,18,25H,3,12-17H2,1-2H3,(H,24,27).